The lowest BCUT2D eigenvalue weighted by Crippen LogP contribution is -2.30. The second-order valence-corrected chi connectivity index (χ2v) is 12.6. The first kappa shape index (κ1) is 36.2. The van der Waals surface area contributed by atoms with Crippen molar-refractivity contribution in [1.29, 1.82) is 0 Å². The van der Waals surface area contributed by atoms with Crippen molar-refractivity contribution in [3.8, 4) is 11.6 Å². The number of halogens is 7. The maximum Gasteiger partial charge on any atom is 0.490 e. The Kier molecular flexibility index (Phi) is 10.2. The molecule has 0 aliphatic carbocycles. The van der Waals surface area contributed by atoms with Crippen LogP contribution in [-0.2, 0) is 28.3 Å². The van der Waals surface area contributed by atoms with Crippen molar-refractivity contribution < 1.29 is 45.0 Å². The van der Waals surface area contributed by atoms with Gasteiger partial charge in [-0.3, -0.25) is 18.8 Å². The number of nitrogens with two attached hydrogens (primary N) is 1. The summed E-state index contributed by atoms with van der Waals surface area (Å²) in [7, 11) is -0.859. The van der Waals surface area contributed by atoms with Crippen molar-refractivity contribution in [3.63, 3.8) is 0 Å². The minimum atomic E-state index is -5.08. The molecule has 0 saturated heterocycles. The Morgan fingerprint density at radius 2 is 1.71 bits per heavy atom. The van der Waals surface area contributed by atoms with E-state index in [0.29, 0.717) is 0 Å². The maximum absolute atomic E-state index is 14.1. The highest BCUT2D eigenvalue weighted by atomic mass is 35.5. The number of benzene rings is 2. The topological polar surface area (TPSA) is 184 Å². The van der Waals surface area contributed by atoms with Gasteiger partial charge in [0.1, 0.15) is 22.5 Å². The molecular weight excluding hydrogens is 716 g/mol. The molecule has 0 amide bonds. The monoisotopic (exact) mass is 737 g/mol. The van der Waals surface area contributed by atoms with E-state index in [1.807, 2.05) is 0 Å². The Morgan fingerprint density at radius 3 is 2.25 bits per heavy atom. The summed E-state index contributed by atoms with van der Waals surface area (Å²) in [6, 6.07) is 6.22. The van der Waals surface area contributed by atoms with Gasteiger partial charge in [-0.2, -0.15) is 23.3 Å². The predicted octanol–water partition coefficient (Wildman–Crippen LogP) is 4.51. The number of anilines is 1. The molecule has 0 radical (unpaired) electrons. The Morgan fingerprint density at radius 1 is 1.10 bits per heavy atom. The second kappa shape index (κ2) is 13.5. The number of hydrogen-bond donors (Lipinski definition) is 3. The lowest BCUT2D eigenvalue weighted by molar-refractivity contribution is -0.192. The van der Waals surface area contributed by atoms with Gasteiger partial charge in [0.05, 0.1) is 46.4 Å². The predicted molar refractivity (Wildman–Crippen MR) is 165 cm³/mol. The van der Waals surface area contributed by atoms with Crippen LogP contribution in [0, 0.1) is 11.6 Å². The third kappa shape index (κ3) is 7.75. The summed E-state index contributed by atoms with van der Waals surface area (Å²) < 4.78 is 93.6. The van der Waals surface area contributed by atoms with Crippen LogP contribution in [0.4, 0.5) is 27.8 Å². The number of alkyl halides is 3. The standard InChI is InChI=1S/C25H21Cl2F2N7O4S.C2HF3O2/c1-35-20-18(5-4-15(26)19(20)22(33-35)34-41(3,38)39)36-23(17(30)8-11-6-12(28)9-13(29)7-11)31-21-14(25(36)37)10-16(27)24(32-21)40-2;3-2(4,5)1(6)7/h4-7,9-10,17H,8,30H2,1-3H3,(H,33,34);(H,6,7)/t17-;/m0./s1. The number of carboxylic acids is 1. The number of ether oxygens (including phenoxy) is 1. The van der Waals surface area contributed by atoms with Crippen molar-refractivity contribution >= 4 is 66.9 Å². The number of carboxylic acid groups (broad SMARTS) is 1. The molecule has 2 aromatic carbocycles. The number of fused-ring (bicyclic) bond motifs is 2. The third-order valence-corrected chi connectivity index (χ3v) is 7.54. The molecular formula is C27H22Cl2F5N7O6S. The number of nitrogens with zero attached hydrogens (tertiary/aromatic N) is 5. The van der Waals surface area contributed by atoms with Gasteiger partial charge in [-0.25, -0.2) is 27.0 Å². The fourth-order valence-corrected chi connectivity index (χ4v) is 5.54. The first-order valence-electron chi connectivity index (χ1n) is 13.0. The average molecular weight is 738 g/mol. The first-order valence-corrected chi connectivity index (χ1v) is 15.7. The number of aliphatic carboxylic acids is 1. The van der Waals surface area contributed by atoms with Gasteiger partial charge in [-0.1, -0.05) is 23.2 Å². The van der Waals surface area contributed by atoms with Crippen molar-refractivity contribution in [2.24, 2.45) is 12.8 Å². The van der Waals surface area contributed by atoms with Gasteiger partial charge >= 0.3 is 12.1 Å². The Hall–Kier alpha value is -4.59. The summed E-state index contributed by atoms with van der Waals surface area (Å²) in [6.45, 7) is 0. The van der Waals surface area contributed by atoms with Crippen LogP contribution in [-0.4, -0.2) is 63.4 Å². The van der Waals surface area contributed by atoms with Crippen LogP contribution < -0.4 is 20.8 Å². The van der Waals surface area contributed by atoms with Gasteiger partial charge in [-0.15, -0.1) is 0 Å². The summed E-state index contributed by atoms with van der Waals surface area (Å²) >= 11 is 12.7. The Bertz CT molecular complexity index is 2230. The van der Waals surface area contributed by atoms with Gasteiger partial charge in [0.2, 0.25) is 15.9 Å². The van der Waals surface area contributed by atoms with Crippen molar-refractivity contribution in [1.82, 2.24) is 24.3 Å². The fraction of sp³-hybridized carbons (Fsp3) is 0.222. The molecule has 0 saturated carbocycles. The molecule has 21 heteroatoms. The molecule has 256 valence electrons. The number of carbonyl (C=O) groups is 1. The summed E-state index contributed by atoms with van der Waals surface area (Å²) in [6.07, 6.45) is -4.24. The fourth-order valence-electron chi connectivity index (χ4n) is 4.57. The number of aromatic nitrogens is 5. The molecule has 13 nitrogen and oxygen atoms in total. The molecule has 4 N–H and O–H groups in total. The molecule has 0 bridgehead atoms. The zero-order valence-electron chi connectivity index (χ0n) is 24.6. The van der Waals surface area contributed by atoms with Gasteiger partial charge in [0.25, 0.3) is 5.56 Å². The van der Waals surface area contributed by atoms with Crippen LogP contribution in [0.5, 0.6) is 5.88 Å². The van der Waals surface area contributed by atoms with Gasteiger partial charge in [0.15, 0.2) is 11.5 Å². The van der Waals surface area contributed by atoms with Crippen molar-refractivity contribution in [2.45, 2.75) is 18.6 Å². The Balaban J connectivity index is 0.000000671. The molecule has 0 aliphatic rings. The third-order valence-electron chi connectivity index (χ3n) is 6.39. The minimum absolute atomic E-state index is 0.0169. The molecule has 0 fully saturated rings. The van der Waals surface area contributed by atoms with Crippen LogP contribution in [0.25, 0.3) is 27.6 Å². The van der Waals surface area contributed by atoms with E-state index >= 15 is 0 Å². The number of rotatable bonds is 7. The van der Waals surface area contributed by atoms with E-state index in [-0.39, 0.29) is 67.2 Å². The van der Waals surface area contributed by atoms with Gasteiger partial charge in [-0.05, 0) is 42.3 Å². The summed E-state index contributed by atoms with van der Waals surface area (Å²) in [5, 5.41) is 11.8. The van der Waals surface area contributed by atoms with Crippen LogP contribution in [0.3, 0.4) is 0 Å². The molecule has 0 unspecified atom stereocenters. The van der Waals surface area contributed by atoms with Crippen LogP contribution in [0.2, 0.25) is 10.0 Å². The molecule has 0 spiro atoms. The van der Waals surface area contributed by atoms with E-state index in [9.17, 15) is 35.2 Å². The molecule has 48 heavy (non-hydrogen) atoms. The SMILES string of the molecule is COc1nc2nc([C@@H](N)Cc3cc(F)cc(F)c3)n(-c3ccc(Cl)c4c(NS(C)(=O)=O)nn(C)c34)c(=O)c2cc1Cl.O=C(O)C(F)(F)F. The first-order chi connectivity index (χ1) is 22.2. The highest BCUT2D eigenvalue weighted by molar-refractivity contribution is 7.92. The molecule has 5 aromatic rings. The van der Waals surface area contributed by atoms with Crippen LogP contribution in [0.15, 0.2) is 41.2 Å². The normalized spacial score (nSPS) is 12.5. The smallest absolute Gasteiger partial charge is 0.480 e. The van der Waals surface area contributed by atoms with Gasteiger partial charge < -0.3 is 15.6 Å². The number of methoxy groups -OCH3 is 1. The molecule has 5 rings (SSSR count). The summed E-state index contributed by atoms with van der Waals surface area (Å²) in [5.74, 6) is -4.41. The van der Waals surface area contributed by atoms with Crippen molar-refractivity contribution in [2.75, 3.05) is 18.1 Å². The zero-order valence-corrected chi connectivity index (χ0v) is 26.9. The van der Waals surface area contributed by atoms with Crippen molar-refractivity contribution in [3.05, 3.63) is 79.8 Å². The summed E-state index contributed by atoms with van der Waals surface area (Å²) in [5.41, 5.74) is 6.56. The van der Waals surface area contributed by atoms with Crippen LogP contribution >= 0.6 is 23.2 Å². The maximum atomic E-state index is 14.1. The molecule has 3 aromatic heterocycles. The highest BCUT2D eigenvalue weighted by Crippen LogP contribution is 2.35. The van der Waals surface area contributed by atoms with E-state index in [4.69, 9.17) is 43.6 Å². The summed E-state index contributed by atoms with van der Waals surface area (Å²) in [4.78, 5) is 31.8. The van der Waals surface area contributed by atoms with E-state index in [2.05, 4.69) is 19.8 Å². The average Bonchev–Trinajstić information content (AvgIpc) is 3.27. The largest absolute Gasteiger partial charge is 0.490 e. The van der Waals surface area contributed by atoms with Gasteiger partial charge in [0, 0.05) is 13.1 Å². The second-order valence-electron chi connectivity index (χ2n) is 9.99. The number of hydrogen-bond acceptors (Lipinski definition) is 9. The highest BCUT2D eigenvalue weighted by Gasteiger charge is 2.38. The lowest BCUT2D eigenvalue weighted by atomic mass is 10.0. The van der Waals surface area contributed by atoms with E-state index in [0.717, 1.165) is 24.5 Å². The number of aryl methyl sites for hydroxylation is 1. The number of pyridine rings is 1. The lowest BCUT2D eigenvalue weighted by Gasteiger charge is -2.20. The van der Waals surface area contributed by atoms with E-state index in [1.54, 1.807) is 0 Å². The minimum Gasteiger partial charge on any atom is -0.480 e. The van der Waals surface area contributed by atoms with E-state index in [1.165, 1.54) is 41.6 Å². The molecule has 1 atom stereocenters. The van der Waals surface area contributed by atoms with E-state index < -0.39 is 45.4 Å². The quantitative estimate of drug-likeness (QED) is 0.201. The zero-order chi connectivity index (χ0) is 35.9. The molecule has 3 heterocycles. The molecule has 0 aliphatic heterocycles. The van der Waals surface area contributed by atoms with Crippen LogP contribution in [0.1, 0.15) is 17.4 Å². The number of nitrogens with one attached hydrogen (secondary N) is 1. The number of sulfonamides is 1. The Labute approximate surface area is 276 Å².